The summed E-state index contributed by atoms with van der Waals surface area (Å²) in [5.41, 5.74) is 8.69. The van der Waals surface area contributed by atoms with Gasteiger partial charge >= 0.3 is 0 Å². The number of allylic oxidation sites excluding steroid dienone is 2. The molecule has 0 aliphatic heterocycles. The third kappa shape index (κ3) is 2.29. The van der Waals surface area contributed by atoms with Gasteiger partial charge in [-0.3, -0.25) is 0 Å². The predicted molar refractivity (Wildman–Crippen MR) is 130 cm³/mol. The Kier molecular flexibility index (Phi) is 3.49. The zero-order valence-electron chi connectivity index (χ0n) is 18.4. The molecule has 1 unspecified atom stereocenters. The van der Waals surface area contributed by atoms with Crippen molar-refractivity contribution in [2.24, 2.45) is 5.41 Å². The third-order valence-corrected chi connectivity index (χ3v) is 7.76. The van der Waals surface area contributed by atoms with E-state index in [0.717, 1.165) is 11.4 Å². The number of benzene rings is 3. The molecule has 0 N–H and O–H groups in total. The lowest BCUT2D eigenvalue weighted by Crippen LogP contribution is -2.27. The van der Waals surface area contributed by atoms with Crippen molar-refractivity contribution in [1.82, 2.24) is 0 Å². The first-order valence-corrected chi connectivity index (χ1v) is 11.4. The van der Waals surface area contributed by atoms with Crippen LogP contribution in [0.25, 0.3) is 34.1 Å². The van der Waals surface area contributed by atoms with Crippen LogP contribution in [0.5, 0.6) is 0 Å². The Hall–Kier alpha value is -2.31. The van der Waals surface area contributed by atoms with E-state index in [0.29, 0.717) is 5.92 Å². The van der Waals surface area contributed by atoms with Crippen molar-refractivity contribution < 1.29 is 0 Å². The van der Waals surface area contributed by atoms with E-state index in [2.05, 4.69) is 83.2 Å². The van der Waals surface area contributed by atoms with Crippen molar-refractivity contribution in [2.75, 3.05) is 0 Å². The Labute approximate surface area is 183 Å². The monoisotopic (exact) mass is 410 g/mol. The summed E-state index contributed by atoms with van der Waals surface area (Å²) in [5, 5.41) is 6.50. The zero-order chi connectivity index (χ0) is 21.0. The lowest BCUT2D eigenvalue weighted by Gasteiger charge is -2.30. The summed E-state index contributed by atoms with van der Waals surface area (Å²) in [6.45, 7) is 11.6. The molecule has 150 valence electrons. The van der Waals surface area contributed by atoms with E-state index < -0.39 is 0 Å². The lowest BCUT2D eigenvalue weighted by molar-refractivity contribution is 0.517. The Morgan fingerprint density at radius 1 is 1.00 bits per heavy atom. The van der Waals surface area contributed by atoms with Crippen LogP contribution < -0.4 is 10.4 Å². The zero-order valence-corrected chi connectivity index (χ0v) is 19.1. The molecule has 0 aromatic heterocycles. The normalized spacial score (nSPS) is 20.2. The second kappa shape index (κ2) is 5.68. The van der Waals surface area contributed by atoms with E-state index in [-0.39, 0.29) is 10.8 Å². The van der Waals surface area contributed by atoms with Gasteiger partial charge in [-0.05, 0) is 84.6 Å². The summed E-state index contributed by atoms with van der Waals surface area (Å²) < 4.78 is 0. The molecule has 0 spiro atoms. The number of rotatable bonds is 0. The van der Waals surface area contributed by atoms with Crippen molar-refractivity contribution in [3.63, 3.8) is 0 Å². The van der Waals surface area contributed by atoms with Gasteiger partial charge in [0.2, 0.25) is 0 Å². The highest BCUT2D eigenvalue weighted by Gasteiger charge is 2.38. The van der Waals surface area contributed by atoms with Crippen LogP contribution in [0.1, 0.15) is 63.6 Å². The summed E-state index contributed by atoms with van der Waals surface area (Å²) in [7, 11) is 0. The van der Waals surface area contributed by atoms with Gasteiger partial charge in [-0.2, -0.15) is 0 Å². The first kappa shape index (κ1) is 18.5. The maximum absolute atomic E-state index is 6.41. The standard InChI is InChI=1S/C29H27Cl/c1-28(2,3)19-12-16-6-7-18-14-24-27(22-10-8-17(13-19)25(16)26(18)22)21-11-9-20(30)15-23(21)29(24,4)5/h6-7,9-15,17H,8H2,1-5H3. The average molecular weight is 411 g/mol. The molecule has 0 amide bonds. The first-order valence-electron chi connectivity index (χ1n) is 11.0. The second-order valence-corrected chi connectivity index (χ2v) is 11.2. The Bertz CT molecular complexity index is 1420. The van der Waals surface area contributed by atoms with Gasteiger partial charge in [-0.1, -0.05) is 82.6 Å². The highest BCUT2D eigenvalue weighted by molar-refractivity contribution is 6.30. The van der Waals surface area contributed by atoms with Gasteiger partial charge in [0.1, 0.15) is 0 Å². The third-order valence-electron chi connectivity index (χ3n) is 7.52. The van der Waals surface area contributed by atoms with Gasteiger partial charge in [0.15, 0.2) is 0 Å². The molecule has 0 saturated carbocycles. The summed E-state index contributed by atoms with van der Waals surface area (Å²) in [6.07, 6.45) is 8.52. The van der Waals surface area contributed by atoms with Gasteiger partial charge in [0.05, 0.1) is 0 Å². The summed E-state index contributed by atoms with van der Waals surface area (Å²) in [5.74, 6) is 0.479. The van der Waals surface area contributed by atoms with Gasteiger partial charge in [-0.15, -0.1) is 0 Å². The molecule has 0 bridgehead atoms. The van der Waals surface area contributed by atoms with Crippen LogP contribution in [0.2, 0.25) is 5.02 Å². The van der Waals surface area contributed by atoms with E-state index in [1.807, 2.05) is 6.07 Å². The van der Waals surface area contributed by atoms with Crippen LogP contribution in [0.15, 0.2) is 48.0 Å². The summed E-state index contributed by atoms with van der Waals surface area (Å²) in [6, 6.07) is 13.6. The first-order chi connectivity index (χ1) is 14.2. The molecule has 30 heavy (non-hydrogen) atoms. The number of hydrogen-bond acceptors (Lipinski definition) is 0. The van der Waals surface area contributed by atoms with Crippen LogP contribution in [0.3, 0.4) is 0 Å². The van der Waals surface area contributed by atoms with Crippen molar-refractivity contribution in [3.8, 4) is 11.1 Å². The fourth-order valence-electron chi connectivity index (χ4n) is 5.89. The molecule has 1 atom stereocenters. The summed E-state index contributed by atoms with van der Waals surface area (Å²) >= 11 is 6.41. The highest BCUT2D eigenvalue weighted by atomic mass is 35.5. The molecular formula is C29H27Cl. The van der Waals surface area contributed by atoms with Crippen molar-refractivity contribution in [1.29, 1.82) is 0 Å². The average Bonchev–Trinajstić information content (AvgIpc) is 2.91. The minimum atomic E-state index is -0.0354. The van der Waals surface area contributed by atoms with Crippen LogP contribution in [0, 0.1) is 5.41 Å². The maximum atomic E-state index is 6.41. The topological polar surface area (TPSA) is 0 Å². The Balaban J connectivity index is 1.74. The van der Waals surface area contributed by atoms with E-state index >= 15 is 0 Å². The maximum Gasteiger partial charge on any atom is 0.0409 e. The van der Waals surface area contributed by atoms with Crippen molar-refractivity contribution >= 4 is 34.5 Å². The highest BCUT2D eigenvalue weighted by Crippen LogP contribution is 2.50. The molecule has 0 heterocycles. The number of halogens is 1. The smallest absolute Gasteiger partial charge is 0.0409 e. The van der Waals surface area contributed by atoms with Crippen molar-refractivity contribution in [2.45, 2.75) is 52.4 Å². The Morgan fingerprint density at radius 3 is 2.57 bits per heavy atom. The fraction of sp³-hybridized carbons (Fsp3) is 0.310. The van der Waals surface area contributed by atoms with Gasteiger partial charge in [0, 0.05) is 16.4 Å². The molecule has 0 saturated heterocycles. The minimum absolute atomic E-state index is 0.0354. The van der Waals surface area contributed by atoms with Gasteiger partial charge in [-0.25, -0.2) is 0 Å². The Morgan fingerprint density at radius 2 is 1.80 bits per heavy atom. The molecule has 1 heteroatoms. The molecule has 6 rings (SSSR count). The second-order valence-electron chi connectivity index (χ2n) is 10.8. The molecule has 3 aromatic carbocycles. The molecule has 0 nitrogen and oxygen atoms in total. The van der Waals surface area contributed by atoms with Gasteiger partial charge in [0.25, 0.3) is 0 Å². The van der Waals surface area contributed by atoms with Gasteiger partial charge < -0.3 is 0 Å². The van der Waals surface area contributed by atoms with Crippen LogP contribution in [-0.4, -0.2) is 0 Å². The number of hydrogen-bond donors (Lipinski definition) is 0. The fourth-order valence-corrected chi connectivity index (χ4v) is 6.07. The number of fused-ring (bicyclic) bond motifs is 4. The molecular weight excluding hydrogens is 384 g/mol. The minimum Gasteiger partial charge on any atom is -0.0843 e. The van der Waals surface area contributed by atoms with Crippen molar-refractivity contribution in [3.05, 3.63) is 80.2 Å². The molecule has 0 fully saturated rings. The molecule has 3 aliphatic carbocycles. The molecule has 0 radical (unpaired) electrons. The van der Waals surface area contributed by atoms with E-state index in [4.69, 9.17) is 11.6 Å². The van der Waals surface area contributed by atoms with E-state index in [9.17, 15) is 0 Å². The largest absolute Gasteiger partial charge is 0.0843 e. The van der Waals surface area contributed by atoms with E-state index in [1.54, 1.807) is 0 Å². The molecule has 3 aromatic rings. The summed E-state index contributed by atoms with van der Waals surface area (Å²) in [4.78, 5) is 0. The van der Waals surface area contributed by atoms with Crippen LogP contribution >= 0.6 is 11.6 Å². The quantitative estimate of drug-likeness (QED) is 0.380. The lowest BCUT2D eigenvalue weighted by atomic mass is 9.74. The SMILES string of the molecule is CC(C)(C)C1=CC2CC=c3c4c(cc5ccc(c2c35)=C1)C(C)(C)c1cc(Cl)ccc1-4. The van der Waals surface area contributed by atoms with E-state index in [1.165, 1.54) is 54.6 Å². The van der Waals surface area contributed by atoms with Crippen LogP contribution in [0.4, 0.5) is 0 Å². The predicted octanol–water partition coefficient (Wildman–Crippen LogP) is 6.83. The molecule has 3 aliphatic rings. The van der Waals surface area contributed by atoms with Crippen LogP contribution in [-0.2, 0) is 5.41 Å².